The van der Waals surface area contributed by atoms with Gasteiger partial charge in [0.2, 0.25) is 5.95 Å². The van der Waals surface area contributed by atoms with Crippen molar-refractivity contribution >= 4 is 17.7 Å². The first-order valence-corrected chi connectivity index (χ1v) is 8.41. The van der Waals surface area contributed by atoms with Crippen molar-refractivity contribution in [2.75, 3.05) is 62.3 Å². The first-order chi connectivity index (χ1) is 12.3. The second-order valence-corrected chi connectivity index (χ2v) is 5.97. The number of ether oxygens (including phenoxy) is 1. The van der Waals surface area contributed by atoms with Crippen molar-refractivity contribution in [1.82, 2.24) is 20.1 Å². The van der Waals surface area contributed by atoms with Crippen LogP contribution in [0.15, 0.2) is 29.0 Å². The zero-order chi connectivity index (χ0) is 17.1. The van der Waals surface area contributed by atoms with Crippen molar-refractivity contribution in [2.45, 2.75) is 0 Å². The SMILES string of the molecule is O=C(c1ccco1)N1CCN(c2nncc(N3CCOCC3)n2)CC1. The highest BCUT2D eigenvalue weighted by Gasteiger charge is 2.25. The fraction of sp³-hybridized carbons (Fsp3) is 0.500. The van der Waals surface area contributed by atoms with Crippen molar-refractivity contribution < 1.29 is 13.9 Å². The fourth-order valence-electron chi connectivity index (χ4n) is 3.03. The highest BCUT2D eigenvalue weighted by atomic mass is 16.5. The standard InChI is InChI=1S/C16H20N6O3/c23-15(13-2-1-9-25-13)21-3-5-22(6-4-21)16-18-14(12-17-19-16)20-7-10-24-11-8-20/h1-2,9,12H,3-8,10-11H2. The molecule has 0 atom stereocenters. The molecular weight excluding hydrogens is 324 g/mol. The van der Waals surface area contributed by atoms with Gasteiger partial charge in [0.15, 0.2) is 11.6 Å². The summed E-state index contributed by atoms with van der Waals surface area (Å²) in [6.07, 6.45) is 3.20. The van der Waals surface area contributed by atoms with E-state index in [0.717, 1.165) is 18.9 Å². The summed E-state index contributed by atoms with van der Waals surface area (Å²) in [6.45, 7) is 5.56. The molecule has 0 N–H and O–H groups in total. The number of anilines is 2. The molecular formula is C16H20N6O3. The van der Waals surface area contributed by atoms with Gasteiger partial charge >= 0.3 is 0 Å². The van der Waals surface area contributed by atoms with E-state index in [1.54, 1.807) is 23.2 Å². The lowest BCUT2D eigenvalue weighted by molar-refractivity contribution is 0.0714. The molecule has 0 saturated carbocycles. The lowest BCUT2D eigenvalue weighted by Gasteiger charge is -2.34. The Kier molecular flexibility index (Phi) is 4.47. The number of carbonyl (C=O) groups is 1. The number of hydrogen-bond donors (Lipinski definition) is 0. The summed E-state index contributed by atoms with van der Waals surface area (Å²) in [4.78, 5) is 23.0. The summed E-state index contributed by atoms with van der Waals surface area (Å²) >= 11 is 0. The number of aromatic nitrogens is 3. The summed E-state index contributed by atoms with van der Waals surface area (Å²) in [5, 5.41) is 8.26. The van der Waals surface area contributed by atoms with Crippen LogP contribution in [0.25, 0.3) is 0 Å². The van der Waals surface area contributed by atoms with Crippen LogP contribution in [0.2, 0.25) is 0 Å². The van der Waals surface area contributed by atoms with Gasteiger partial charge in [-0.1, -0.05) is 0 Å². The van der Waals surface area contributed by atoms with Gasteiger partial charge in [0.05, 0.1) is 25.7 Å². The van der Waals surface area contributed by atoms with Crippen molar-refractivity contribution in [2.24, 2.45) is 0 Å². The average molecular weight is 344 g/mol. The van der Waals surface area contributed by atoms with Crippen molar-refractivity contribution in [3.8, 4) is 0 Å². The minimum atomic E-state index is -0.0780. The van der Waals surface area contributed by atoms with E-state index in [1.165, 1.54) is 6.26 Å². The monoisotopic (exact) mass is 344 g/mol. The molecule has 4 rings (SSSR count). The molecule has 25 heavy (non-hydrogen) atoms. The van der Waals surface area contributed by atoms with Gasteiger partial charge in [0.25, 0.3) is 5.91 Å². The molecule has 2 saturated heterocycles. The largest absolute Gasteiger partial charge is 0.459 e. The highest BCUT2D eigenvalue weighted by Crippen LogP contribution is 2.17. The Hall–Kier alpha value is -2.68. The number of piperazine rings is 1. The Labute approximate surface area is 145 Å². The number of amides is 1. The predicted molar refractivity (Wildman–Crippen MR) is 89.7 cm³/mol. The first kappa shape index (κ1) is 15.8. The normalized spacial score (nSPS) is 18.5. The third kappa shape index (κ3) is 3.41. The molecule has 0 bridgehead atoms. The van der Waals surface area contributed by atoms with Crippen molar-refractivity contribution in [1.29, 1.82) is 0 Å². The maximum atomic E-state index is 12.3. The van der Waals surface area contributed by atoms with Crippen molar-refractivity contribution in [3.63, 3.8) is 0 Å². The molecule has 0 radical (unpaired) electrons. The van der Waals surface area contributed by atoms with Gasteiger partial charge in [-0.2, -0.15) is 10.1 Å². The van der Waals surface area contributed by atoms with Gasteiger partial charge in [0.1, 0.15) is 0 Å². The molecule has 0 aliphatic carbocycles. The lowest BCUT2D eigenvalue weighted by atomic mass is 10.3. The van der Waals surface area contributed by atoms with Gasteiger partial charge in [-0.3, -0.25) is 4.79 Å². The molecule has 1 amide bonds. The summed E-state index contributed by atoms with van der Waals surface area (Å²) in [5.74, 6) is 1.72. The Bertz CT molecular complexity index is 708. The molecule has 4 heterocycles. The zero-order valence-electron chi connectivity index (χ0n) is 13.9. The van der Waals surface area contributed by atoms with E-state index in [9.17, 15) is 4.79 Å². The zero-order valence-corrected chi connectivity index (χ0v) is 13.9. The van der Waals surface area contributed by atoms with E-state index >= 15 is 0 Å². The van der Waals surface area contributed by atoms with Crippen LogP contribution in [0.1, 0.15) is 10.6 Å². The van der Waals surface area contributed by atoms with Crippen LogP contribution < -0.4 is 9.80 Å². The van der Waals surface area contributed by atoms with Gasteiger partial charge in [0, 0.05) is 39.3 Å². The molecule has 9 nitrogen and oxygen atoms in total. The number of morpholine rings is 1. The number of nitrogens with zero attached hydrogens (tertiary/aromatic N) is 6. The molecule has 2 aliphatic rings. The number of hydrogen-bond acceptors (Lipinski definition) is 8. The molecule has 2 aromatic rings. The van der Waals surface area contributed by atoms with Gasteiger partial charge < -0.3 is 23.9 Å². The summed E-state index contributed by atoms with van der Waals surface area (Å²) in [5.41, 5.74) is 0. The van der Waals surface area contributed by atoms with Crippen LogP contribution >= 0.6 is 0 Å². The van der Waals surface area contributed by atoms with E-state index in [1.807, 2.05) is 0 Å². The average Bonchev–Trinajstić information content (AvgIpc) is 3.23. The van der Waals surface area contributed by atoms with Gasteiger partial charge in [-0.25, -0.2) is 0 Å². The fourth-order valence-corrected chi connectivity index (χ4v) is 3.03. The molecule has 0 spiro atoms. The number of rotatable bonds is 3. The number of furan rings is 1. The molecule has 2 fully saturated rings. The summed E-state index contributed by atoms with van der Waals surface area (Å²) in [6, 6.07) is 3.41. The third-order valence-electron chi connectivity index (χ3n) is 4.45. The first-order valence-electron chi connectivity index (χ1n) is 8.41. The van der Waals surface area contributed by atoms with E-state index in [-0.39, 0.29) is 5.91 Å². The molecule has 9 heteroatoms. The van der Waals surface area contributed by atoms with Crippen LogP contribution in [-0.2, 0) is 4.74 Å². The van der Waals surface area contributed by atoms with Crippen molar-refractivity contribution in [3.05, 3.63) is 30.4 Å². The summed E-state index contributed by atoms with van der Waals surface area (Å²) in [7, 11) is 0. The van der Waals surface area contributed by atoms with Crippen LogP contribution in [0.5, 0.6) is 0 Å². The molecule has 132 valence electrons. The topological polar surface area (TPSA) is 87.8 Å². The lowest BCUT2D eigenvalue weighted by Crippen LogP contribution is -2.49. The van der Waals surface area contributed by atoms with Crippen LogP contribution in [0.3, 0.4) is 0 Å². The van der Waals surface area contributed by atoms with E-state index in [0.29, 0.717) is 51.1 Å². The Morgan fingerprint density at radius 3 is 2.56 bits per heavy atom. The van der Waals surface area contributed by atoms with Gasteiger partial charge in [-0.15, -0.1) is 5.10 Å². The van der Waals surface area contributed by atoms with E-state index in [4.69, 9.17) is 9.15 Å². The third-order valence-corrected chi connectivity index (χ3v) is 4.45. The number of carbonyl (C=O) groups excluding carboxylic acids is 1. The molecule has 0 aromatic carbocycles. The van der Waals surface area contributed by atoms with E-state index in [2.05, 4.69) is 25.0 Å². The second-order valence-electron chi connectivity index (χ2n) is 5.97. The summed E-state index contributed by atoms with van der Waals surface area (Å²) < 4.78 is 10.6. The van der Waals surface area contributed by atoms with E-state index < -0.39 is 0 Å². The Morgan fingerprint density at radius 1 is 1.04 bits per heavy atom. The Morgan fingerprint density at radius 2 is 1.84 bits per heavy atom. The second kappa shape index (κ2) is 7.06. The van der Waals surface area contributed by atoms with Crippen LogP contribution in [0.4, 0.5) is 11.8 Å². The molecule has 2 aliphatic heterocycles. The smallest absolute Gasteiger partial charge is 0.289 e. The maximum absolute atomic E-state index is 12.3. The molecule has 0 unspecified atom stereocenters. The quantitative estimate of drug-likeness (QED) is 0.784. The predicted octanol–water partition coefficient (Wildman–Crippen LogP) is 0.264. The molecule has 2 aromatic heterocycles. The highest BCUT2D eigenvalue weighted by molar-refractivity contribution is 5.91. The van der Waals surface area contributed by atoms with Crippen LogP contribution in [0, 0.1) is 0 Å². The minimum absolute atomic E-state index is 0.0780. The maximum Gasteiger partial charge on any atom is 0.289 e. The minimum Gasteiger partial charge on any atom is -0.459 e. The van der Waals surface area contributed by atoms with Crippen LogP contribution in [-0.4, -0.2) is 78.5 Å². The van der Waals surface area contributed by atoms with Gasteiger partial charge in [-0.05, 0) is 12.1 Å². The Balaban J connectivity index is 1.40.